The number of ether oxygens (including phenoxy) is 1. The van der Waals surface area contributed by atoms with E-state index < -0.39 is 0 Å². The Labute approximate surface area is 157 Å². The molecule has 3 aromatic rings. The molecular weight excluding hydrogens is 346 g/mol. The van der Waals surface area contributed by atoms with E-state index in [1.165, 1.54) is 0 Å². The number of nitrogens with one attached hydrogen (secondary N) is 1. The molecule has 4 heteroatoms. The zero-order valence-corrected chi connectivity index (χ0v) is 15.0. The van der Waals surface area contributed by atoms with Crippen molar-refractivity contribution in [3.63, 3.8) is 0 Å². The van der Waals surface area contributed by atoms with E-state index in [4.69, 9.17) is 16.3 Å². The van der Waals surface area contributed by atoms with E-state index in [2.05, 4.69) is 5.32 Å². The molecule has 0 heterocycles. The second-order valence-electron chi connectivity index (χ2n) is 5.62. The van der Waals surface area contributed by atoms with Gasteiger partial charge in [-0.3, -0.25) is 4.79 Å². The molecule has 0 aliphatic rings. The fourth-order valence-electron chi connectivity index (χ4n) is 2.51. The van der Waals surface area contributed by atoms with Gasteiger partial charge in [0.25, 0.3) is 0 Å². The number of ketones is 1. The molecule has 0 aromatic heterocycles. The minimum absolute atomic E-state index is 0.162. The summed E-state index contributed by atoms with van der Waals surface area (Å²) in [5.41, 5.74) is 2.91. The minimum Gasteiger partial charge on any atom is -0.497 e. The van der Waals surface area contributed by atoms with Crippen molar-refractivity contribution in [2.75, 3.05) is 12.4 Å². The van der Waals surface area contributed by atoms with Gasteiger partial charge >= 0.3 is 0 Å². The first-order chi connectivity index (χ1) is 12.7. The first kappa shape index (κ1) is 17.8. The van der Waals surface area contributed by atoms with E-state index >= 15 is 0 Å². The number of benzene rings is 3. The number of hydrogen-bond donors (Lipinski definition) is 1. The Balaban J connectivity index is 1.98. The number of anilines is 1. The molecule has 0 saturated carbocycles. The molecule has 0 radical (unpaired) electrons. The third-order valence-corrected chi connectivity index (χ3v) is 4.20. The summed E-state index contributed by atoms with van der Waals surface area (Å²) in [5.74, 6) is 0.593. The van der Waals surface area contributed by atoms with Crippen LogP contribution < -0.4 is 10.1 Å². The number of rotatable bonds is 6. The van der Waals surface area contributed by atoms with Gasteiger partial charge < -0.3 is 10.1 Å². The van der Waals surface area contributed by atoms with Gasteiger partial charge in [-0.1, -0.05) is 41.9 Å². The lowest BCUT2D eigenvalue weighted by atomic mass is 10.1. The van der Waals surface area contributed by atoms with Crippen LogP contribution in [-0.4, -0.2) is 12.9 Å². The van der Waals surface area contributed by atoms with E-state index in [1.54, 1.807) is 37.5 Å². The van der Waals surface area contributed by atoms with Crippen molar-refractivity contribution in [1.29, 1.82) is 0 Å². The Morgan fingerprint density at radius 2 is 1.58 bits per heavy atom. The molecule has 0 amide bonds. The van der Waals surface area contributed by atoms with Crippen LogP contribution in [0.4, 0.5) is 5.69 Å². The van der Waals surface area contributed by atoms with Gasteiger partial charge in [-0.25, -0.2) is 0 Å². The van der Waals surface area contributed by atoms with Crippen molar-refractivity contribution >= 4 is 28.8 Å². The summed E-state index contributed by atoms with van der Waals surface area (Å²) in [6, 6.07) is 24.2. The van der Waals surface area contributed by atoms with Gasteiger partial charge in [0.15, 0.2) is 5.78 Å². The van der Waals surface area contributed by atoms with Gasteiger partial charge in [0.2, 0.25) is 0 Å². The zero-order valence-electron chi connectivity index (χ0n) is 14.3. The highest BCUT2D eigenvalue weighted by Crippen LogP contribution is 2.23. The maximum atomic E-state index is 12.7. The molecule has 3 nitrogen and oxygen atoms in total. The molecule has 130 valence electrons. The number of halogens is 1. The first-order valence-electron chi connectivity index (χ1n) is 8.14. The average Bonchev–Trinajstić information content (AvgIpc) is 2.68. The van der Waals surface area contributed by atoms with Crippen molar-refractivity contribution in [2.45, 2.75) is 0 Å². The molecular formula is C22H18ClNO2. The van der Waals surface area contributed by atoms with E-state index in [0.717, 1.165) is 17.0 Å². The molecule has 0 saturated heterocycles. The third kappa shape index (κ3) is 4.32. The van der Waals surface area contributed by atoms with Crippen LogP contribution in [0.2, 0.25) is 5.02 Å². The lowest BCUT2D eigenvalue weighted by molar-refractivity contribution is 0.104. The first-order valence-corrected chi connectivity index (χ1v) is 8.52. The molecule has 1 N–H and O–H groups in total. The third-order valence-electron chi connectivity index (χ3n) is 3.87. The molecule has 3 aromatic carbocycles. The molecule has 0 aliphatic heterocycles. The second-order valence-corrected chi connectivity index (χ2v) is 6.03. The molecule has 0 fully saturated rings. The number of methoxy groups -OCH3 is 1. The molecule has 0 spiro atoms. The van der Waals surface area contributed by atoms with E-state index in [-0.39, 0.29) is 5.78 Å². The lowest BCUT2D eigenvalue weighted by Crippen LogP contribution is -2.04. The van der Waals surface area contributed by atoms with Crippen molar-refractivity contribution in [3.8, 4) is 5.75 Å². The lowest BCUT2D eigenvalue weighted by Gasteiger charge is -2.12. The van der Waals surface area contributed by atoms with Crippen LogP contribution >= 0.6 is 11.6 Å². The topological polar surface area (TPSA) is 38.3 Å². The quantitative estimate of drug-likeness (QED) is 0.452. The van der Waals surface area contributed by atoms with Crippen molar-refractivity contribution in [2.24, 2.45) is 0 Å². The summed E-state index contributed by atoms with van der Waals surface area (Å²) in [6.45, 7) is 0. The fraction of sp³-hybridized carbons (Fsp3) is 0.0455. The molecule has 0 bridgehead atoms. The highest BCUT2D eigenvalue weighted by molar-refractivity contribution is 6.34. The Morgan fingerprint density at radius 3 is 2.23 bits per heavy atom. The standard InChI is InChI=1S/C22H18ClNO2/c1-26-18-13-11-16(12-14-18)21(24-17-7-3-2-4-8-17)15-22(25)19-9-5-6-10-20(19)23/h2-15,24H,1H3/b21-15+. The van der Waals surface area contributed by atoms with Crippen LogP contribution in [0.5, 0.6) is 5.75 Å². The summed E-state index contributed by atoms with van der Waals surface area (Å²) < 4.78 is 5.21. The maximum Gasteiger partial charge on any atom is 0.189 e. The summed E-state index contributed by atoms with van der Waals surface area (Å²) in [7, 11) is 1.62. The number of carbonyl (C=O) groups excluding carboxylic acids is 1. The van der Waals surface area contributed by atoms with Gasteiger partial charge in [-0.2, -0.15) is 0 Å². The summed E-state index contributed by atoms with van der Waals surface area (Å²) in [5, 5.41) is 3.74. The smallest absolute Gasteiger partial charge is 0.189 e. The normalized spacial score (nSPS) is 11.1. The average molecular weight is 364 g/mol. The number of para-hydroxylation sites is 1. The summed E-state index contributed by atoms with van der Waals surface area (Å²) in [6.07, 6.45) is 1.57. The van der Waals surface area contributed by atoms with Gasteiger partial charge in [-0.15, -0.1) is 0 Å². The Kier molecular flexibility index (Phi) is 5.72. The van der Waals surface area contributed by atoms with Crippen molar-refractivity contribution < 1.29 is 9.53 Å². The van der Waals surface area contributed by atoms with Gasteiger partial charge in [0, 0.05) is 23.0 Å². The Hall–Kier alpha value is -3.04. The number of carbonyl (C=O) groups is 1. The molecule has 3 rings (SSSR count). The molecule has 26 heavy (non-hydrogen) atoms. The van der Waals surface area contributed by atoms with Crippen LogP contribution in [-0.2, 0) is 0 Å². The predicted molar refractivity (Wildman–Crippen MR) is 107 cm³/mol. The predicted octanol–water partition coefficient (Wildman–Crippen LogP) is 5.68. The van der Waals surface area contributed by atoms with Crippen LogP contribution in [0.1, 0.15) is 15.9 Å². The highest BCUT2D eigenvalue weighted by Gasteiger charge is 2.11. The molecule has 0 aliphatic carbocycles. The van der Waals surface area contributed by atoms with E-state index in [1.807, 2.05) is 54.6 Å². The van der Waals surface area contributed by atoms with E-state index in [9.17, 15) is 4.79 Å². The van der Waals surface area contributed by atoms with Gasteiger partial charge in [0.1, 0.15) is 5.75 Å². The van der Waals surface area contributed by atoms with Crippen LogP contribution in [0.25, 0.3) is 5.70 Å². The fourth-order valence-corrected chi connectivity index (χ4v) is 2.74. The number of allylic oxidation sites excluding steroid dienone is 1. The van der Waals surface area contributed by atoms with Crippen LogP contribution in [0.15, 0.2) is 84.9 Å². The Morgan fingerprint density at radius 1 is 0.923 bits per heavy atom. The Bertz CT molecular complexity index is 918. The van der Waals surface area contributed by atoms with Crippen LogP contribution in [0, 0.1) is 0 Å². The summed E-state index contributed by atoms with van der Waals surface area (Å²) in [4.78, 5) is 12.7. The molecule has 0 unspecified atom stereocenters. The largest absolute Gasteiger partial charge is 0.497 e. The monoisotopic (exact) mass is 363 g/mol. The number of hydrogen-bond acceptors (Lipinski definition) is 3. The van der Waals surface area contributed by atoms with Crippen molar-refractivity contribution in [1.82, 2.24) is 0 Å². The van der Waals surface area contributed by atoms with Crippen LogP contribution in [0.3, 0.4) is 0 Å². The van der Waals surface area contributed by atoms with Gasteiger partial charge in [0.05, 0.1) is 12.1 Å². The summed E-state index contributed by atoms with van der Waals surface area (Å²) >= 11 is 6.16. The minimum atomic E-state index is -0.162. The highest BCUT2D eigenvalue weighted by atomic mass is 35.5. The van der Waals surface area contributed by atoms with E-state index in [0.29, 0.717) is 16.3 Å². The van der Waals surface area contributed by atoms with Gasteiger partial charge in [-0.05, 0) is 54.1 Å². The van der Waals surface area contributed by atoms with Crippen molar-refractivity contribution in [3.05, 3.63) is 101 Å². The maximum absolute atomic E-state index is 12.7. The SMILES string of the molecule is COc1ccc(/C(=C\C(=O)c2ccccc2Cl)Nc2ccccc2)cc1. The zero-order chi connectivity index (χ0) is 18.4. The molecule has 0 atom stereocenters. The second kappa shape index (κ2) is 8.37.